The van der Waals surface area contributed by atoms with Gasteiger partial charge in [-0.15, -0.1) is 0 Å². The molecule has 1 atom stereocenters. The van der Waals surface area contributed by atoms with Crippen LogP contribution in [0.2, 0.25) is 0 Å². The van der Waals surface area contributed by atoms with Crippen LogP contribution in [0, 0.1) is 0 Å². The van der Waals surface area contributed by atoms with Crippen LogP contribution in [0.3, 0.4) is 0 Å². The highest BCUT2D eigenvalue weighted by Crippen LogP contribution is 2.28. The van der Waals surface area contributed by atoms with Crippen LogP contribution in [-0.4, -0.2) is 51.9 Å². The van der Waals surface area contributed by atoms with E-state index in [2.05, 4.69) is 10.6 Å². The molecule has 0 bridgehead atoms. The van der Waals surface area contributed by atoms with E-state index in [9.17, 15) is 18.0 Å². The van der Waals surface area contributed by atoms with Gasteiger partial charge >= 0.3 is 6.03 Å². The maximum atomic E-state index is 12.1. The molecule has 0 aliphatic rings. The Morgan fingerprint density at radius 3 is 2.39 bits per heavy atom. The second-order valence-electron chi connectivity index (χ2n) is 4.87. The molecule has 1 aromatic carbocycles. The number of carbonyl (C=O) groups is 2. The standard InChI is InChI=1S/C13H20N4O5S/c1-8(12(14)18)15-13(19)16-10-7-9(5-6-11(10)22-4)23(20,21)17(2)3/h5-8H,1-4H3,(H2,14,18)(H2,15,16,19)/t8-/m0/s1. The minimum absolute atomic E-state index is 0.0125. The minimum atomic E-state index is -3.66. The van der Waals surface area contributed by atoms with E-state index >= 15 is 0 Å². The van der Waals surface area contributed by atoms with E-state index in [4.69, 9.17) is 10.5 Å². The zero-order chi connectivity index (χ0) is 17.8. The van der Waals surface area contributed by atoms with Gasteiger partial charge in [-0.2, -0.15) is 0 Å². The first kappa shape index (κ1) is 18.7. The molecule has 0 aliphatic heterocycles. The topological polar surface area (TPSA) is 131 Å². The van der Waals surface area contributed by atoms with Crippen molar-refractivity contribution in [1.29, 1.82) is 0 Å². The third-order valence-electron chi connectivity index (χ3n) is 2.97. The lowest BCUT2D eigenvalue weighted by molar-refractivity contribution is -0.119. The summed E-state index contributed by atoms with van der Waals surface area (Å²) in [7, 11) is 0.508. The lowest BCUT2D eigenvalue weighted by Gasteiger charge is -2.16. The number of amides is 3. The van der Waals surface area contributed by atoms with Crippen molar-refractivity contribution in [3.63, 3.8) is 0 Å². The predicted octanol–water partition coefficient (Wildman–Crippen LogP) is -0.0592. The molecule has 0 heterocycles. The molecule has 0 fully saturated rings. The number of anilines is 1. The zero-order valence-electron chi connectivity index (χ0n) is 13.3. The van der Waals surface area contributed by atoms with Gasteiger partial charge in [-0.05, 0) is 25.1 Å². The van der Waals surface area contributed by atoms with Gasteiger partial charge < -0.3 is 21.1 Å². The van der Waals surface area contributed by atoms with Gasteiger partial charge in [-0.3, -0.25) is 4.79 Å². The van der Waals surface area contributed by atoms with Gasteiger partial charge in [-0.1, -0.05) is 0 Å². The number of sulfonamides is 1. The van der Waals surface area contributed by atoms with Crippen LogP contribution in [0.15, 0.2) is 23.1 Å². The normalized spacial score (nSPS) is 12.6. The maximum absolute atomic E-state index is 12.1. The number of hydrogen-bond donors (Lipinski definition) is 3. The number of carbonyl (C=O) groups excluding carboxylic acids is 2. The zero-order valence-corrected chi connectivity index (χ0v) is 14.1. The highest BCUT2D eigenvalue weighted by atomic mass is 32.2. The van der Waals surface area contributed by atoms with Crippen molar-refractivity contribution >= 4 is 27.6 Å². The first-order chi connectivity index (χ1) is 10.6. The Hall–Kier alpha value is -2.33. The summed E-state index contributed by atoms with van der Waals surface area (Å²) in [5, 5.41) is 4.75. The molecule has 0 saturated carbocycles. The molecule has 4 N–H and O–H groups in total. The summed E-state index contributed by atoms with van der Waals surface area (Å²) in [6.45, 7) is 1.42. The number of nitrogens with zero attached hydrogens (tertiary/aromatic N) is 1. The highest BCUT2D eigenvalue weighted by molar-refractivity contribution is 7.89. The number of urea groups is 1. The molecule has 1 rings (SSSR count). The largest absolute Gasteiger partial charge is 0.495 e. The Morgan fingerprint density at radius 1 is 1.30 bits per heavy atom. The van der Waals surface area contributed by atoms with E-state index < -0.39 is 28.0 Å². The smallest absolute Gasteiger partial charge is 0.319 e. The quantitative estimate of drug-likeness (QED) is 0.665. The molecule has 23 heavy (non-hydrogen) atoms. The summed E-state index contributed by atoms with van der Waals surface area (Å²) in [5.74, 6) is -0.430. The summed E-state index contributed by atoms with van der Waals surface area (Å²) in [6, 6.07) is 2.46. The van der Waals surface area contributed by atoms with E-state index in [0.717, 1.165) is 4.31 Å². The number of primary amides is 1. The van der Waals surface area contributed by atoms with Crippen molar-refractivity contribution in [2.75, 3.05) is 26.5 Å². The fourth-order valence-corrected chi connectivity index (χ4v) is 2.51. The molecule has 0 radical (unpaired) electrons. The number of nitrogens with one attached hydrogen (secondary N) is 2. The Morgan fingerprint density at radius 2 is 1.91 bits per heavy atom. The molecule has 0 aromatic heterocycles. The molecular weight excluding hydrogens is 324 g/mol. The van der Waals surface area contributed by atoms with Gasteiger partial charge in [0, 0.05) is 14.1 Å². The number of rotatable bonds is 6. The third-order valence-corrected chi connectivity index (χ3v) is 4.78. The minimum Gasteiger partial charge on any atom is -0.495 e. The highest BCUT2D eigenvalue weighted by Gasteiger charge is 2.20. The number of benzene rings is 1. The predicted molar refractivity (Wildman–Crippen MR) is 84.7 cm³/mol. The second-order valence-corrected chi connectivity index (χ2v) is 7.02. The number of nitrogens with two attached hydrogens (primary N) is 1. The van der Waals surface area contributed by atoms with Crippen LogP contribution in [0.25, 0.3) is 0 Å². The van der Waals surface area contributed by atoms with E-state index in [0.29, 0.717) is 0 Å². The first-order valence-corrected chi connectivity index (χ1v) is 8.01. The van der Waals surface area contributed by atoms with Gasteiger partial charge in [0.15, 0.2) is 0 Å². The number of methoxy groups -OCH3 is 1. The second kappa shape index (κ2) is 7.29. The SMILES string of the molecule is COc1ccc(S(=O)(=O)N(C)C)cc1NC(=O)N[C@@H](C)C(N)=O. The molecule has 0 aliphatic carbocycles. The summed E-state index contributed by atoms with van der Waals surface area (Å²) >= 11 is 0. The van der Waals surface area contributed by atoms with Crippen molar-refractivity contribution in [2.24, 2.45) is 5.73 Å². The molecule has 3 amide bonds. The fraction of sp³-hybridized carbons (Fsp3) is 0.385. The van der Waals surface area contributed by atoms with E-state index in [1.54, 1.807) is 0 Å². The Labute approximate surface area is 134 Å². The summed E-state index contributed by atoms with van der Waals surface area (Å²) in [6.07, 6.45) is 0. The summed E-state index contributed by atoms with van der Waals surface area (Å²) in [4.78, 5) is 22.8. The monoisotopic (exact) mass is 344 g/mol. The molecule has 0 spiro atoms. The lowest BCUT2D eigenvalue weighted by Crippen LogP contribution is -2.44. The van der Waals surface area contributed by atoms with Crippen LogP contribution < -0.4 is 21.1 Å². The van der Waals surface area contributed by atoms with Crippen LogP contribution in [0.4, 0.5) is 10.5 Å². The Balaban J connectivity index is 3.10. The molecule has 10 heteroatoms. The molecule has 128 valence electrons. The van der Waals surface area contributed by atoms with Crippen LogP contribution >= 0.6 is 0 Å². The number of hydrogen-bond acceptors (Lipinski definition) is 5. The van der Waals surface area contributed by atoms with E-state index in [1.807, 2.05) is 0 Å². The molecule has 9 nitrogen and oxygen atoms in total. The fourth-order valence-electron chi connectivity index (χ4n) is 1.58. The Bertz CT molecular complexity index is 702. The third kappa shape index (κ3) is 4.57. The first-order valence-electron chi connectivity index (χ1n) is 6.57. The van der Waals surface area contributed by atoms with Crippen molar-refractivity contribution < 1.29 is 22.7 Å². The van der Waals surface area contributed by atoms with Gasteiger partial charge in [0.1, 0.15) is 11.8 Å². The molecule has 0 saturated heterocycles. The molecule has 0 unspecified atom stereocenters. The van der Waals surface area contributed by atoms with Crippen molar-refractivity contribution in [3.05, 3.63) is 18.2 Å². The molecule has 1 aromatic rings. The van der Waals surface area contributed by atoms with E-state index in [1.165, 1.54) is 46.3 Å². The van der Waals surface area contributed by atoms with Crippen molar-refractivity contribution in [1.82, 2.24) is 9.62 Å². The van der Waals surface area contributed by atoms with Gasteiger partial charge in [-0.25, -0.2) is 17.5 Å². The van der Waals surface area contributed by atoms with E-state index in [-0.39, 0.29) is 16.3 Å². The van der Waals surface area contributed by atoms with Gasteiger partial charge in [0.2, 0.25) is 15.9 Å². The number of ether oxygens (including phenoxy) is 1. The van der Waals surface area contributed by atoms with Crippen molar-refractivity contribution in [3.8, 4) is 5.75 Å². The van der Waals surface area contributed by atoms with Crippen molar-refractivity contribution in [2.45, 2.75) is 17.9 Å². The van der Waals surface area contributed by atoms with Crippen LogP contribution in [-0.2, 0) is 14.8 Å². The summed E-state index contributed by atoms with van der Waals surface area (Å²) in [5.41, 5.74) is 5.20. The van der Waals surface area contributed by atoms with Crippen LogP contribution in [0.5, 0.6) is 5.75 Å². The lowest BCUT2D eigenvalue weighted by atomic mass is 10.3. The average molecular weight is 344 g/mol. The maximum Gasteiger partial charge on any atom is 0.319 e. The molecular formula is C13H20N4O5S. The average Bonchev–Trinajstić information content (AvgIpc) is 2.46. The van der Waals surface area contributed by atoms with Crippen LogP contribution in [0.1, 0.15) is 6.92 Å². The van der Waals surface area contributed by atoms with Gasteiger partial charge in [0.05, 0.1) is 17.7 Å². The Kier molecular flexibility index (Phi) is 5.93. The van der Waals surface area contributed by atoms with Gasteiger partial charge in [0.25, 0.3) is 0 Å². The summed E-state index contributed by atoms with van der Waals surface area (Å²) < 4.78 is 30.4.